The van der Waals surface area contributed by atoms with Crippen molar-refractivity contribution in [3.05, 3.63) is 35.9 Å². The van der Waals surface area contributed by atoms with Crippen molar-refractivity contribution in [2.45, 2.75) is 38.6 Å². The van der Waals surface area contributed by atoms with Crippen molar-refractivity contribution >= 4 is 5.91 Å². The Morgan fingerprint density at radius 1 is 1.12 bits per heavy atom. The molecule has 1 amide bonds. The van der Waals surface area contributed by atoms with Gasteiger partial charge in [0.05, 0.1) is 0 Å². The molecule has 1 saturated carbocycles. The molecular formula is C14H19NO. The van der Waals surface area contributed by atoms with Crippen LogP contribution < -0.4 is 5.32 Å². The molecule has 1 aromatic rings. The molecule has 0 spiro atoms. The van der Waals surface area contributed by atoms with Crippen LogP contribution in [0.3, 0.4) is 0 Å². The maximum absolute atomic E-state index is 11.9. The van der Waals surface area contributed by atoms with Crippen LogP contribution >= 0.6 is 0 Å². The first-order chi connectivity index (χ1) is 7.86. The summed E-state index contributed by atoms with van der Waals surface area (Å²) < 4.78 is 0. The Hall–Kier alpha value is -1.31. The van der Waals surface area contributed by atoms with E-state index in [0.717, 1.165) is 12.8 Å². The number of carbonyl (C=O) groups excluding carboxylic acids is 1. The van der Waals surface area contributed by atoms with E-state index in [9.17, 15) is 4.79 Å². The van der Waals surface area contributed by atoms with E-state index in [1.54, 1.807) is 0 Å². The van der Waals surface area contributed by atoms with Gasteiger partial charge in [-0.3, -0.25) is 4.79 Å². The number of carbonyl (C=O) groups is 1. The Labute approximate surface area is 97.1 Å². The Bertz CT molecular complexity index is 328. The topological polar surface area (TPSA) is 29.1 Å². The Morgan fingerprint density at radius 2 is 1.81 bits per heavy atom. The number of hydrogen-bond donors (Lipinski definition) is 1. The van der Waals surface area contributed by atoms with E-state index in [1.165, 1.54) is 24.8 Å². The van der Waals surface area contributed by atoms with E-state index in [0.29, 0.717) is 6.54 Å². The predicted octanol–water partition coefficient (Wildman–Crippen LogP) is 2.88. The number of rotatable bonds is 3. The second-order valence-electron chi connectivity index (χ2n) is 4.54. The zero-order chi connectivity index (χ0) is 11.2. The summed E-state index contributed by atoms with van der Waals surface area (Å²) in [5.74, 6) is 0.501. The van der Waals surface area contributed by atoms with Crippen molar-refractivity contribution in [2.24, 2.45) is 5.92 Å². The number of hydrogen-bond acceptors (Lipinski definition) is 1. The molecule has 1 N–H and O–H groups in total. The second-order valence-corrected chi connectivity index (χ2v) is 4.54. The Balaban J connectivity index is 1.79. The van der Waals surface area contributed by atoms with E-state index in [2.05, 4.69) is 5.32 Å². The minimum Gasteiger partial charge on any atom is -0.352 e. The van der Waals surface area contributed by atoms with Crippen LogP contribution in [-0.2, 0) is 11.3 Å². The molecule has 1 aliphatic carbocycles. The van der Waals surface area contributed by atoms with Crippen LogP contribution in [0.1, 0.15) is 37.7 Å². The van der Waals surface area contributed by atoms with Crippen molar-refractivity contribution in [2.75, 3.05) is 0 Å². The van der Waals surface area contributed by atoms with Crippen LogP contribution in [0.25, 0.3) is 0 Å². The number of nitrogens with one attached hydrogen (secondary N) is 1. The summed E-state index contributed by atoms with van der Waals surface area (Å²) >= 11 is 0. The zero-order valence-corrected chi connectivity index (χ0v) is 9.61. The van der Waals surface area contributed by atoms with Gasteiger partial charge in [0.2, 0.25) is 5.91 Å². The lowest BCUT2D eigenvalue weighted by Gasteiger charge is -2.20. The van der Waals surface area contributed by atoms with Gasteiger partial charge < -0.3 is 5.32 Å². The highest BCUT2D eigenvalue weighted by atomic mass is 16.1. The number of amides is 1. The molecule has 2 heteroatoms. The molecule has 0 atom stereocenters. The summed E-state index contributed by atoms with van der Waals surface area (Å²) in [6.07, 6.45) is 5.86. The minimum atomic E-state index is 0.239. The van der Waals surface area contributed by atoms with Crippen LogP contribution in [0.2, 0.25) is 0 Å². The van der Waals surface area contributed by atoms with Crippen LogP contribution in [0.15, 0.2) is 30.3 Å². The van der Waals surface area contributed by atoms with Crippen LogP contribution in [0.5, 0.6) is 0 Å². The largest absolute Gasteiger partial charge is 0.352 e. The summed E-state index contributed by atoms with van der Waals surface area (Å²) in [4.78, 5) is 11.9. The molecule has 0 heterocycles. The molecule has 16 heavy (non-hydrogen) atoms. The molecule has 1 fully saturated rings. The maximum atomic E-state index is 11.9. The third kappa shape index (κ3) is 3.09. The lowest BCUT2D eigenvalue weighted by molar-refractivity contribution is -0.126. The number of benzene rings is 1. The summed E-state index contributed by atoms with van der Waals surface area (Å²) in [7, 11) is 0. The second kappa shape index (κ2) is 5.69. The summed E-state index contributed by atoms with van der Waals surface area (Å²) in [5, 5.41) is 3.03. The van der Waals surface area contributed by atoms with Gasteiger partial charge in [0.15, 0.2) is 0 Å². The fourth-order valence-electron chi connectivity index (χ4n) is 2.29. The van der Waals surface area contributed by atoms with Crippen molar-refractivity contribution in [1.82, 2.24) is 5.32 Å². The fourth-order valence-corrected chi connectivity index (χ4v) is 2.29. The quantitative estimate of drug-likeness (QED) is 0.827. The molecule has 0 aliphatic heterocycles. The summed E-state index contributed by atoms with van der Waals surface area (Å²) in [6.45, 7) is 0.663. The smallest absolute Gasteiger partial charge is 0.223 e. The van der Waals surface area contributed by atoms with E-state index < -0.39 is 0 Å². The van der Waals surface area contributed by atoms with Crippen molar-refractivity contribution in [1.29, 1.82) is 0 Å². The molecule has 0 aromatic heterocycles. The average Bonchev–Trinajstić information content (AvgIpc) is 2.38. The van der Waals surface area contributed by atoms with Crippen LogP contribution in [0.4, 0.5) is 0 Å². The highest BCUT2D eigenvalue weighted by Gasteiger charge is 2.20. The lowest BCUT2D eigenvalue weighted by atomic mass is 9.71. The van der Waals surface area contributed by atoms with Gasteiger partial charge in [-0.25, -0.2) is 0 Å². The molecule has 0 radical (unpaired) electrons. The molecule has 2 nitrogen and oxygen atoms in total. The van der Waals surface area contributed by atoms with Gasteiger partial charge in [-0.15, -0.1) is 0 Å². The first kappa shape index (κ1) is 11.2. The highest BCUT2D eigenvalue weighted by molar-refractivity contribution is 5.78. The zero-order valence-electron chi connectivity index (χ0n) is 9.61. The van der Waals surface area contributed by atoms with Gasteiger partial charge in [-0.1, -0.05) is 49.6 Å². The van der Waals surface area contributed by atoms with E-state index in [1.807, 2.05) is 30.3 Å². The monoisotopic (exact) mass is 216 g/mol. The molecule has 1 aromatic carbocycles. The molecular weight excluding hydrogens is 197 g/mol. The van der Waals surface area contributed by atoms with E-state index in [4.69, 9.17) is 0 Å². The first-order valence-corrected chi connectivity index (χ1v) is 6.18. The van der Waals surface area contributed by atoms with Gasteiger partial charge >= 0.3 is 0 Å². The predicted molar refractivity (Wildman–Crippen MR) is 64.9 cm³/mol. The van der Waals surface area contributed by atoms with Gasteiger partial charge in [-0.2, -0.15) is 0 Å². The molecule has 86 valence electrons. The fraction of sp³-hybridized carbons (Fsp3) is 0.500. The van der Waals surface area contributed by atoms with Gasteiger partial charge in [0, 0.05) is 12.5 Å². The standard InChI is InChI=1S/C14H19NO/c16-14(13-9-5-2-6-10-13)15-11-12-7-3-1-4-8-12/h1,3-4,7-8,13H,2,5-6,9-11H2,(H,15,16)/i14-1. The third-order valence-electron chi connectivity index (χ3n) is 3.29. The van der Waals surface area contributed by atoms with Crippen molar-refractivity contribution in [3.63, 3.8) is 0 Å². The molecule has 0 saturated heterocycles. The molecule has 1 aliphatic rings. The van der Waals surface area contributed by atoms with Crippen LogP contribution in [0, 0.1) is 5.92 Å². The van der Waals surface area contributed by atoms with Crippen molar-refractivity contribution < 1.29 is 4.79 Å². The highest BCUT2D eigenvalue weighted by Crippen LogP contribution is 2.23. The molecule has 2 rings (SSSR count). The van der Waals surface area contributed by atoms with Gasteiger partial charge in [-0.05, 0) is 18.4 Å². The van der Waals surface area contributed by atoms with Gasteiger partial charge in [0.25, 0.3) is 0 Å². The summed E-state index contributed by atoms with van der Waals surface area (Å²) in [6, 6.07) is 10.1. The maximum Gasteiger partial charge on any atom is 0.223 e. The lowest BCUT2D eigenvalue weighted by Crippen LogP contribution is -2.31. The van der Waals surface area contributed by atoms with Gasteiger partial charge in [0.1, 0.15) is 0 Å². The first-order valence-electron chi connectivity index (χ1n) is 6.18. The normalized spacial score (nSPS) is 17.0. The van der Waals surface area contributed by atoms with E-state index in [-0.39, 0.29) is 11.8 Å². The molecule has 0 bridgehead atoms. The SMILES string of the molecule is O=[11C](NCc1ccccc1)C1CCCCC1. The average molecular weight is 216 g/mol. The Kier molecular flexibility index (Phi) is 3.97. The third-order valence-corrected chi connectivity index (χ3v) is 3.29. The van der Waals surface area contributed by atoms with Crippen LogP contribution in [-0.4, -0.2) is 5.91 Å². The Morgan fingerprint density at radius 3 is 2.50 bits per heavy atom. The minimum absolute atomic E-state index is 0.239. The van der Waals surface area contributed by atoms with E-state index >= 15 is 0 Å². The summed E-state index contributed by atoms with van der Waals surface area (Å²) in [5.41, 5.74) is 1.17. The van der Waals surface area contributed by atoms with Crippen molar-refractivity contribution in [3.8, 4) is 0 Å². The molecule has 0 unspecified atom stereocenters.